The van der Waals surface area contributed by atoms with Gasteiger partial charge in [-0.2, -0.15) is 5.26 Å². The Kier molecular flexibility index (Phi) is 5.13. The summed E-state index contributed by atoms with van der Waals surface area (Å²) < 4.78 is 0. The zero-order valence-corrected chi connectivity index (χ0v) is 13.3. The van der Waals surface area contributed by atoms with Crippen molar-refractivity contribution in [1.82, 2.24) is 0 Å². The second-order valence-corrected chi connectivity index (χ2v) is 7.73. The van der Waals surface area contributed by atoms with Crippen molar-refractivity contribution in [3.63, 3.8) is 0 Å². The van der Waals surface area contributed by atoms with Crippen molar-refractivity contribution in [3.05, 3.63) is 0 Å². The summed E-state index contributed by atoms with van der Waals surface area (Å²) in [5.41, 5.74) is -1.18. The van der Waals surface area contributed by atoms with E-state index in [0.717, 1.165) is 44.9 Å². The molecule has 0 saturated heterocycles. The molecule has 0 aromatic rings. The lowest BCUT2D eigenvalue weighted by atomic mass is 9.59. The van der Waals surface area contributed by atoms with Gasteiger partial charge in [0.25, 0.3) is 0 Å². The average molecular weight is 277 g/mol. The molecule has 2 rings (SSSR count). The molecule has 2 atom stereocenters. The van der Waals surface area contributed by atoms with Gasteiger partial charge in [0.05, 0.1) is 17.1 Å². The average Bonchev–Trinajstić information content (AvgIpc) is 2.64. The molecule has 2 nitrogen and oxygen atoms in total. The van der Waals surface area contributed by atoms with Gasteiger partial charge in [-0.25, -0.2) is 0 Å². The Hall–Kier alpha value is -0.550. The monoisotopic (exact) mass is 277 g/mol. The van der Waals surface area contributed by atoms with Crippen molar-refractivity contribution < 1.29 is 5.11 Å². The molecule has 2 saturated carbocycles. The highest BCUT2D eigenvalue weighted by Crippen LogP contribution is 2.51. The minimum Gasteiger partial charge on any atom is -0.388 e. The fraction of sp³-hybridized carbons (Fsp3) is 0.944. The van der Waals surface area contributed by atoms with Gasteiger partial charge in [0, 0.05) is 0 Å². The lowest BCUT2D eigenvalue weighted by Crippen LogP contribution is -2.50. The van der Waals surface area contributed by atoms with Crippen LogP contribution in [-0.2, 0) is 0 Å². The molecule has 0 bridgehead atoms. The topological polar surface area (TPSA) is 44.0 Å². The molecule has 2 heteroatoms. The van der Waals surface area contributed by atoms with E-state index in [1.54, 1.807) is 0 Å². The van der Waals surface area contributed by atoms with Crippen molar-refractivity contribution >= 4 is 0 Å². The van der Waals surface area contributed by atoms with Gasteiger partial charge in [-0.05, 0) is 43.9 Å². The first-order valence-corrected chi connectivity index (χ1v) is 8.65. The molecule has 2 unspecified atom stereocenters. The second kappa shape index (κ2) is 6.48. The number of hydrogen-bond donors (Lipinski definition) is 1. The molecule has 2 fully saturated rings. The highest BCUT2D eigenvalue weighted by molar-refractivity contribution is 5.13. The summed E-state index contributed by atoms with van der Waals surface area (Å²) in [7, 11) is 0. The second-order valence-electron chi connectivity index (χ2n) is 7.73. The molecule has 0 spiro atoms. The number of nitriles is 1. The lowest BCUT2D eigenvalue weighted by molar-refractivity contribution is -0.104. The lowest BCUT2D eigenvalue weighted by Gasteiger charge is -2.47. The normalized spacial score (nSPS) is 34.5. The molecule has 20 heavy (non-hydrogen) atoms. The largest absolute Gasteiger partial charge is 0.388 e. The SMILES string of the molecule is CC(C)CC1CCCC(O)(C2(C#N)CCCCCC2)C1. The van der Waals surface area contributed by atoms with Crippen LogP contribution >= 0.6 is 0 Å². The number of hydrogen-bond acceptors (Lipinski definition) is 2. The zero-order chi connectivity index (χ0) is 14.6. The maximum Gasteiger partial charge on any atom is 0.0860 e. The zero-order valence-electron chi connectivity index (χ0n) is 13.3. The molecule has 0 aromatic heterocycles. The maximum atomic E-state index is 11.3. The van der Waals surface area contributed by atoms with E-state index in [4.69, 9.17) is 0 Å². The maximum absolute atomic E-state index is 11.3. The fourth-order valence-corrected chi connectivity index (χ4v) is 4.68. The van der Waals surface area contributed by atoms with Crippen LogP contribution in [0.2, 0.25) is 0 Å². The van der Waals surface area contributed by atoms with Gasteiger partial charge in [0.2, 0.25) is 0 Å². The summed E-state index contributed by atoms with van der Waals surface area (Å²) in [5.74, 6) is 1.30. The first-order valence-electron chi connectivity index (χ1n) is 8.65. The third-order valence-electron chi connectivity index (χ3n) is 5.70. The van der Waals surface area contributed by atoms with Crippen LogP contribution in [0.5, 0.6) is 0 Å². The molecule has 1 N–H and O–H groups in total. The van der Waals surface area contributed by atoms with Gasteiger partial charge in [-0.3, -0.25) is 0 Å². The predicted octanol–water partition coefficient (Wildman–Crippen LogP) is 4.82. The third-order valence-corrected chi connectivity index (χ3v) is 5.70. The summed E-state index contributed by atoms with van der Waals surface area (Å²) in [6, 6.07) is 2.59. The number of aliphatic hydroxyl groups is 1. The van der Waals surface area contributed by atoms with E-state index < -0.39 is 11.0 Å². The van der Waals surface area contributed by atoms with Crippen molar-refractivity contribution in [2.75, 3.05) is 0 Å². The van der Waals surface area contributed by atoms with Gasteiger partial charge < -0.3 is 5.11 Å². The standard InChI is InChI=1S/C18H31NO/c1-15(2)12-16-8-7-11-18(20,13-16)17(14-19)9-5-3-4-6-10-17/h15-16,20H,3-13H2,1-2H3. The Labute approximate surface area is 124 Å². The van der Waals surface area contributed by atoms with Crippen LogP contribution in [-0.4, -0.2) is 10.7 Å². The first kappa shape index (κ1) is 15.8. The minimum absolute atomic E-state index is 0.459. The molecule has 0 heterocycles. The van der Waals surface area contributed by atoms with E-state index in [2.05, 4.69) is 19.9 Å². The molecular formula is C18H31NO. The molecule has 0 aromatic carbocycles. The van der Waals surface area contributed by atoms with Crippen LogP contribution in [0.3, 0.4) is 0 Å². The number of nitrogens with zero attached hydrogens (tertiary/aromatic N) is 1. The predicted molar refractivity (Wildman–Crippen MR) is 82.1 cm³/mol. The Bertz CT molecular complexity index is 349. The van der Waals surface area contributed by atoms with Crippen molar-refractivity contribution in [2.24, 2.45) is 17.3 Å². The molecular weight excluding hydrogens is 246 g/mol. The summed E-state index contributed by atoms with van der Waals surface area (Å²) in [6.07, 6.45) is 11.7. The van der Waals surface area contributed by atoms with Gasteiger partial charge in [-0.1, -0.05) is 52.4 Å². The van der Waals surface area contributed by atoms with Crippen molar-refractivity contribution in [1.29, 1.82) is 5.26 Å². The minimum atomic E-state index is -0.718. The molecule has 114 valence electrons. The quantitative estimate of drug-likeness (QED) is 0.752. The van der Waals surface area contributed by atoms with E-state index >= 15 is 0 Å². The Morgan fingerprint density at radius 3 is 2.30 bits per heavy atom. The smallest absolute Gasteiger partial charge is 0.0860 e. The van der Waals surface area contributed by atoms with Crippen LogP contribution < -0.4 is 0 Å². The third kappa shape index (κ3) is 3.19. The van der Waals surface area contributed by atoms with E-state index in [0.29, 0.717) is 11.8 Å². The van der Waals surface area contributed by atoms with E-state index in [1.807, 2.05) is 0 Å². The van der Waals surface area contributed by atoms with E-state index in [1.165, 1.54) is 25.7 Å². The number of rotatable bonds is 3. The summed E-state index contributed by atoms with van der Waals surface area (Å²) in [5, 5.41) is 21.2. The van der Waals surface area contributed by atoms with Crippen molar-refractivity contribution in [3.8, 4) is 6.07 Å². The van der Waals surface area contributed by atoms with Gasteiger partial charge in [-0.15, -0.1) is 0 Å². The molecule has 0 radical (unpaired) electrons. The Morgan fingerprint density at radius 2 is 1.75 bits per heavy atom. The van der Waals surface area contributed by atoms with E-state index in [9.17, 15) is 10.4 Å². The Morgan fingerprint density at radius 1 is 1.10 bits per heavy atom. The summed E-state index contributed by atoms with van der Waals surface area (Å²) in [6.45, 7) is 4.53. The Balaban J connectivity index is 2.16. The molecule has 2 aliphatic rings. The highest BCUT2D eigenvalue weighted by atomic mass is 16.3. The molecule has 0 amide bonds. The van der Waals surface area contributed by atoms with Gasteiger partial charge >= 0.3 is 0 Å². The summed E-state index contributed by atoms with van der Waals surface area (Å²) >= 11 is 0. The van der Waals surface area contributed by atoms with Crippen LogP contribution in [0.25, 0.3) is 0 Å². The first-order chi connectivity index (χ1) is 9.51. The van der Waals surface area contributed by atoms with Gasteiger partial charge in [0.1, 0.15) is 0 Å². The molecule has 2 aliphatic carbocycles. The van der Waals surface area contributed by atoms with Crippen LogP contribution in [0, 0.1) is 28.6 Å². The summed E-state index contributed by atoms with van der Waals surface area (Å²) in [4.78, 5) is 0. The fourth-order valence-electron chi connectivity index (χ4n) is 4.68. The van der Waals surface area contributed by atoms with Crippen LogP contribution in [0.4, 0.5) is 0 Å². The van der Waals surface area contributed by atoms with Crippen molar-refractivity contribution in [2.45, 2.75) is 90.1 Å². The van der Waals surface area contributed by atoms with Gasteiger partial charge in [0.15, 0.2) is 0 Å². The highest BCUT2D eigenvalue weighted by Gasteiger charge is 2.52. The van der Waals surface area contributed by atoms with Crippen LogP contribution in [0.1, 0.15) is 84.5 Å². The van der Waals surface area contributed by atoms with Crippen LogP contribution in [0.15, 0.2) is 0 Å². The molecule has 0 aliphatic heterocycles. The van der Waals surface area contributed by atoms with E-state index in [-0.39, 0.29) is 0 Å².